The molecular formula is C9H15N3O. The molecule has 2 aliphatic carbocycles. The van der Waals surface area contributed by atoms with Crippen molar-refractivity contribution in [2.24, 2.45) is 10.5 Å². The molecule has 0 radical (unpaired) electrons. The first-order chi connectivity index (χ1) is 6.18. The predicted molar refractivity (Wildman–Crippen MR) is 50.5 cm³/mol. The molecule has 2 saturated carbocycles. The Morgan fingerprint density at radius 1 is 1.54 bits per heavy atom. The van der Waals surface area contributed by atoms with Crippen molar-refractivity contribution in [3.63, 3.8) is 0 Å². The van der Waals surface area contributed by atoms with E-state index in [0.717, 1.165) is 12.8 Å². The normalized spacial score (nSPS) is 24.4. The van der Waals surface area contributed by atoms with Gasteiger partial charge in [-0.25, -0.2) is 10.2 Å². The number of hydrogen-bond acceptors (Lipinski definition) is 2. The Balaban J connectivity index is 1.65. The monoisotopic (exact) mass is 181 g/mol. The lowest BCUT2D eigenvalue weighted by Gasteiger charge is -2.01. The highest BCUT2D eigenvalue weighted by Crippen LogP contribution is 2.42. The van der Waals surface area contributed by atoms with E-state index in [-0.39, 0.29) is 11.4 Å². The number of urea groups is 1. The van der Waals surface area contributed by atoms with Crippen LogP contribution in [-0.2, 0) is 0 Å². The van der Waals surface area contributed by atoms with E-state index in [9.17, 15) is 4.79 Å². The Bertz CT molecular complexity index is 241. The second kappa shape index (κ2) is 3.01. The van der Waals surface area contributed by atoms with E-state index in [2.05, 4.69) is 22.8 Å². The summed E-state index contributed by atoms with van der Waals surface area (Å²) in [5, 5.41) is 6.70. The largest absolute Gasteiger partial charge is 0.335 e. The van der Waals surface area contributed by atoms with E-state index in [1.807, 2.05) is 6.21 Å². The van der Waals surface area contributed by atoms with Crippen LogP contribution in [0.15, 0.2) is 5.10 Å². The lowest BCUT2D eigenvalue weighted by Crippen LogP contribution is -2.33. The maximum absolute atomic E-state index is 11.1. The zero-order valence-electron chi connectivity index (χ0n) is 7.84. The molecule has 2 fully saturated rings. The highest BCUT2D eigenvalue weighted by atomic mass is 16.2. The summed E-state index contributed by atoms with van der Waals surface area (Å²) in [5.41, 5.74) is 2.73. The van der Waals surface area contributed by atoms with Crippen molar-refractivity contribution in [3.05, 3.63) is 0 Å². The first-order valence-electron chi connectivity index (χ1n) is 4.79. The number of rotatable bonds is 3. The van der Waals surface area contributed by atoms with E-state index < -0.39 is 0 Å². The molecule has 0 unspecified atom stereocenters. The van der Waals surface area contributed by atoms with Gasteiger partial charge in [0.05, 0.1) is 0 Å². The molecule has 0 heterocycles. The minimum absolute atomic E-state index is 0.178. The molecule has 2 N–H and O–H groups in total. The van der Waals surface area contributed by atoms with Crippen LogP contribution in [0.3, 0.4) is 0 Å². The van der Waals surface area contributed by atoms with E-state index in [4.69, 9.17) is 0 Å². The Kier molecular flexibility index (Phi) is 1.98. The van der Waals surface area contributed by atoms with Crippen molar-refractivity contribution in [1.29, 1.82) is 0 Å². The van der Waals surface area contributed by atoms with Crippen molar-refractivity contribution in [1.82, 2.24) is 10.7 Å². The zero-order valence-corrected chi connectivity index (χ0v) is 7.84. The highest BCUT2D eigenvalue weighted by molar-refractivity contribution is 5.76. The first-order valence-corrected chi connectivity index (χ1v) is 4.79. The molecule has 0 spiro atoms. The Morgan fingerprint density at radius 2 is 2.23 bits per heavy atom. The number of hydrogen-bond donors (Lipinski definition) is 2. The van der Waals surface area contributed by atoms with Gasteiger partial charge in [-0.15, -0.1) is 0 Å². The molecule has 0 saturated heterocycles. The molecule has 0 bridgehead atoms. The lowest BCUT2D eigenvalue weighted by atomic mass is 10.2. The van der Waals surface area contributed by atoms with E-state index in [0.29, 0.717) is 6.04 Å². The van der Waals surface area contributed by atoms with Gasteiger partial charge in [-0.2, -0.15) is 5.10 Å². The third-order valence-corrected chi connectivity index (χ3v) is 2.49. The van der Waals surface area contributed by atoms with Crippen molar-refractivity contribution in [3.8, 4) is 0 Å². The number of nitrogens with one attached hydrogen (secondary N) is 2. The Hall–Kier alpha value is -1.06. The molecule has 4 heteroatoms. The van der Waals surface area contributed by atoms with Gasteiger partial charge in [-0.05, 0) is 25.7 Å². The predicted octanol–water partition coefficient (Wildman–Crippen LogP) is 1.23. The molecule has 2 aliphatic rings. The van der Waals surface area contributed by atoms with Crippen LogP contribution in [0.1, 0.15) is 32.6 Å². The third-order valence-electron chi connectivity index (χ3n) is 2.49. The van der Waals surface area contributed by atoms with Gasteiger partial charge in [0.15, 0.2) is 0 Å². The van der Waals surface area contributed by atoms with Gasteiger partial charge in [0.25, 0.3) is 0 Å². The van der Waals surface area contributed by atoms with Crippen LogP contribution in [0.4, 0.5) is 4.79 Å². The fourth-order valence-electron chi connectivity index (χ4n) is 1.02. The van der Waals surface area contributed by atoms with Crippen molar-refractivity contribution in [2.75, 3.05) is 0 Å². The summed E-state index contributed by atoms with van der Waals surface area (Å²) >= 11 is 0. The van der Waals surface area contributed by atoms with E-state index in [1.165, 1.54) is 12.8 Å². The molecule has 4 nitrogen and oxygen atoms in total. The zero-order chi connectivity index (χ0) is 9.31. The molecule has 13 heavy (non-hydrogen) atoms. The molecule has 2 amide bonds. The van der Waals surface area contributed by atoms with Gasteiger partial charge in [-0.3, -0.25) is 0 Å². The molecule has 0 aromatic heterocycles. The first kappa shape index (κ1) is 8.53. The molecule has 0 atom stereocenters. The second-order valence-electron chi connectivity index (χ2n) is 4.27. The van der Waals surface area contributed by atoms with Gasteiger partial charge < -0.3 is 5.32 Å². The van der Waals surface area contributed by atoms with Gasteiger partial charge >= 0.3 is 6.03 Å². The van der Waals surface area contributed by atoms with Gasteiger partial charge in [0, 0.05) is 17.7 Å². The average molecular weight is 181 g/mol. The number of amides is 2. The maximum Gasteiger partial charge on any atom is 0.335 e. The van der Waals surface area contributed by atoms with Crippen molar-refractivity contribution >= 4 is 12.2 Å². The smallest absolute Gasteiger partial charge is 0.334 e. The molecule has 0 aromatic rings. The second-order valence-corrected chi connectivity index (χ2v) is 4.27. The highest BCUT2D eigenvalue weighted by Gasteiger charge is 2.35. The summed E-state index contributed by atoms with van der Waals surface area (Å²) in [4.78, 5) is 11.1. The number of hydrazone groups is 1. The van der Waals surface area contributed by atoms with Crippen LogP contribution in [0.2, 0.25) is 0 Å². The van der Waals surface area contributed by atoms with E-state index >= 15 is 0 Å². The summed E-state index contributed by atoms with van der Waals surface area (Å²) in [6.45, 7) is 2.14. The van der Waals surface area contributed by atoms with Gasteiger partial charge in [0.2, 0.25) is 0 Å². The third kappa shape index (κ3) is 2.72. The fourth-order valence-corrected chi connectivity index (χ4v) is 1.02. The SMILES string of the molecule is CC1(/C=N/NC(=O)NC2CC2)CC1. The van der Waals surface area contributed by atoms with Gasteiger partial charge in [-0.1, -0.05) is 6.92 Å². The summed E-state index contributed by atoms with van der Waals surface area (Å²) in [7, 11) is 0. The molecule has 2 rings (SSSR count). The lowest BCUT2D eigenvalue weighted by molar-refractivity contribution is 0.241. The average Bonchev–Trinajstić information content (AvgIpc) is 2.91. The number of carbonyl (C=O) groups is 1. The molecule has 0 aliphatic heterocycles. The Labute approximate surface area is 77.8 Å². The number of nitrogens with zero attached hydrogens (tertiary/aromatic N) is 1. The van der Waals surface area contributed by atoms with Gasteiger partial charge in [0.1, 0.15) is 0 Å². The standard InChI is InChI=1S/C9H15N3O/c1-9(4-5-9)6-10-12-8(13)11-7-2-3-7/h6-7H,2-5H2,1H3,(H2,11,12,13)/b10-6+. The fraction of sp³-hybridized carbons (Fsp3) is 0.778. The van der Waals surface area contributed by atoms with Crippen LogP contribution >= 0.6 is 0 Å². The van der Waals surface area contributed by atoms with Crippen LogP contribution < -0.4 is 10.7 Å². The number of carbonyl (C=O) groups excluding carboxylic acids is 1. The Morgan fingerprint density at radius 3 is 2.77 bits per heavy atom. The van der Waals surface area contributed by atoms with Crippen LogP contribution in [0.5, 0.6) is 0 Å². The quantitative estimate of drug-likeness (QED) is 0.499. The minimum atomic E-state index is -0.178. The summed E-state index contributed by atoms with van der Waals surface area (Å²) < 4.78 is 0. The molecular weight excluding hydrogens is 166 g/mol. The molecule has 72 valence electrons. The van der Waals surface area contributed by atoms with Crippen molar-refractivity contribution < 1.29 is 4.79 Å². The van der Waals surface area contributed by atoms with Crippen molar-refractivity contribution in [2.45, 2.75) is 38.6 Å². The maximum atomic E-state index is 11.1. The summed E-state index contributed by atoms with van der Waals surface area (Å²) in [6.07, 6.45) is 6.41. The topological polar surface area (TPSA) is 53.5 Å². The summed E-state index contributed by atoms with van der Waals surface area (Å²) in [5.74, 6) is 0. The van der Waals surface area contributed by atoms with E-state index in [1.54, 1.807) is 0 Å². The summed E-state index contributed by atoms with van der Waals surface area (Å²) in [6, 6.07) is 0.217. The van der Waals surface area contributed by atoms with Crippen LogP contribution in [-0.4, -0.2) is 18.3 Å². The molecule has 0 aromatic carbocycles. The minimum Gasteiger partial charge on any atom is -0.334 e. The van der Waals surface area contributed by atoms with Crippen LogP contribution in [0, 0.1) is 5.41 Å². The van der Waals surface area contributed by atoms with Crippen LogP contribution in [0.25, 0.3) is 0 Å².